The molecule has 0 aliphatic carbocycles. The molecule has 0 amide bonds. The first kappa shape index (κ1) is 13.0. The number of rotatable bonds is 4. The standard InChI is InChI=1S/C13H19FO2/c1-13(2,3)6-7-16-12-5-4-11(14)8-10(12)9-15/h4-5,8,15H,6-7,9H2,1-3H3. The van der Waals surface area contributed by atoms with E-state index in [-0.39, 0.29) is 17.8 Å². The Morgan fingerprint density at radius 1 is 1.31 bits per heavy atom. The Morgan fingerprint density at radius 2 is 2.00 bits per heavy atom. The van der Waals surface area contributed by atoms with Crippen LogP contribution >= 0.6 is 0 Å². The number of hydrogen-bond donors (Lipinski definition) is 1. The number of aliphatic hydroxyl groups is 1. The highest BCUT2D eigenvalue weighted by Gasteiger charge is 2.11. The van der Waals surface area contributed by atoms with Crippen LogP contribution in [-0.2, 0) is 6.61 Å². The normalized spacial score (nSPS) is 11.6. The second-order valence-corrected chi connectivity index (χ2v) is 5.07. The van der Waals surface area contributed by atoms with Crippen molar-refractivity contribution in [3.05, 3.63) is 29.6 Å². The van der Waals surface area contributed by atoms with Gasteiger partial charge in [0, 0.05) is 5.56 Å². The molecule has 0 fully saturated rings. The highest BCUT2D eigenvalue weighted by atomic mass is 19.1. The van der Waals surface area contributed by atoms with Crippen molar-refractivity contribution in [1.82, 2.24) is 0 Å². The van der Waals surface area contributed by atoms with E-state index in [1.165, 1.54) is 12.1 Å². The molecule has 0 aliphatic rings. The first-order valence-corrected chi connectivity index (χ1v) is 5.44. The third kappa shape index (κ3) is 4.19. The van der Waals surface area contributed by atoms with Crippen molar-refractivity contribution in [3.63, 3.8) is 0 Å². The Hall–Kier alpha value is -1.09. The number of aliphatic hydroxyl groups excluding tert-OH is 1. The first-order valence-electron chi connectivity index (χ1n) is 5.44. The van der Waals surface area contributed by atoms with Crippen LogP contribution in [0.2, 0.25) is 0 Å². The third-order valence-electron chi connectivity index (χ3n) is 2.30. The van der Waals surface area contributed by atoms with E-state index in [0.717, 1.165) is 6.42 Å². The molecular weight excluding hydrogens is 207 g/mol. The van der Waals surface area contributed by atoms with Gasteiger partial charge in [-0.25, -0.2) is 4.39 Å². The summed E-state index contributed by atoms with van der Waals surface area (Å²) in [5, 5.41) is 9.06. The van der Waals surface area contributed by atoms with Gasteiger partial charge < -0.3 is 9.84 Å². The van der Waals surface area contributed by atoms with Crippen molar-refractivity contribution >= 4 is 0 Å². The van der Waals surface area contributed by atoms with Crippen molar-refractivity contribution in [2.75, 3.05) is 6.61 Å². The zero-order valence-corrected chi connectivity index (χ0v) is 10.1. The average molecular weight is 226 g/mol. The highest BCUT2D eigenvalue weighted by molar-refractivity contribution is 5.33. The van der Waals surface area contributed by atoms with E-state index in [0.29, 0.717) is 17.9 Å². The van der Waals surface area contributed by atoms with Crippen molar-refractivity contribution in [2.45, 2.75) is 33.8 Å². The summed E-state index contributed by atoms with van der Waals surface area (Å²) in [7, 11) is 0. The van der Waals surface area contributed by atoms with Gasteiger partial charge in [-0.05, 0) is 30.0 Å². The summed E-state index contributed by atoms with van der Waals surface area (Å²) >= 11 is 0. The number of ether oxygens (including phenoxy) is 1. The van der Waals surface area contributed by atoms with Crippen molar-refractivity contribution in [1.29, 1.82) is 0 Å². The Morgan fingerprint density at radius 3 is 2.56 bits per heavy atom. The van der Waals surface area contributed by atoms with Gasteiger partial charge in [0.2, 0.25) is 0 Å². The van der Waals surface area contributed by atoms with Crippen molar-refractivity contribution in [2.24, 2.45) is 5.41 Å². The first-order chi connectivity index (χ1) is 7.42. The van der Waals surface area contributed by atoms with E-state index >= 15 is 0 Å². The average Bonchev–Trinajstić information content (AvgIpc) is 2.18. The minimum Gasteiger partial charge on any atom is -0.493 e. The summed E-state index contributed by atoms with van der Waals surface area (Å²) in [6.45, 7) is 6.76. The van der Waals surface area contributed by atoms with Crippen molar-refractivity contribution in [3.8, 4) is 5.75 Å². The molecule has 1 N–H and O–H groups in total. The lowest BCUT2D eigenvalue weighted by Gasteiger charge is -2.18. The summed E-state index contributed by atoms with van der Waals surface area (Å²) in [5.74, 6) is 0.209. The zero-order valence-electron chi connectivity index (χ0n) is 10.1. The summed E-state index contributed by atoms with van der Waals surface area (Å²) in [4.78, 5) is 0. The quantitative estimate of drug-likeness (QED) is 0.854. The van der Waals surface area contributed by atoms with Crippen LogP contribution in [0.15, 0.2) is 18.2 Å². The van der Waals surface area contributed by atoms with Gasteiger partial charge >= 0.3 is 0 Å². The molecular formula is C13H19FO2. The molecule has 1 rings (SSSR count). The third-order valence-corrected chi connectivity index (χ3v) is 2.30. The number of benzene rings is 1. The van der Waals surface area contributed by atoms with E-state index in [2.05, 4.69) is 20.8 Å². The van der Waals surface area contributed by atoms with Gasteiger partial charge in [0.1, 0.15) is 11.6 Å². The van der Waals surface area contributed by atoms with Gasteiger partial charge in [-0.2, -0.15) is 0 Å². The molecule has 0 spiro atoms. The van der Waals surface area contributed by atoms with Crippen LogP contribution in [0.1, 0.15) is 32.8 Å². The number of hydrogen-bond acceptors (Lipinski definition) is 2. The maximum Gasteiger partial charge on any atom is 0.125 e. The van der Waals surface area contributed by atoms with E-state index in [4.69, 9.17) is 9.84 Å². The van der Waals surface area contributed by atoms with Crippen LogP contribution in [-0.4, -0.2) is 11.7 Å². The largest absolute Gasteiger partial charge is 0.493 e. The summed E-state index contributed by atoms with van der Waals surface area (Å²) in [6.07, 6.45) is 0.912. The lowest BCUT2D eigenvalue weighted by molar-refractivity contribution is 0.230. The lowest BCUT2D eigenvalue weighted by Crippen LogP contribution is -2.11. The molecule has 1 aromatic rings. The Balaban J connectivity index is 2.60. The van der Waals surface area contributed by atoms with Gasteiger partial charge in [0.15, 0.2) is 0 Å². The SMILES string of the molecule is CC(C)(C)CCOc1ccc(F)cc1CO. The maximum atomic E-state index is 12.9. The molecule has 0 saturated heterocycles. The molecule has 0 aliphatic heterocycles. The molecule has 0 unspecified atom stereocenters. The van der Waals surface area contributed by atoms with E-state index in [9.17, 15) is 4.39 Å². The predicted molar refractivity (Wildman–Crippen MR) is 61.9 cm³/mol. The summed E-state index contributed by atoms with van der Waals surface area (Å²) in [5.41, 5.74) is 0.702. The Labute approximate surface area is 96.1 Å². The van der Waals surface area contributed by atoms with Crippen LogP contribution in [0.4, 0.5) is 4.39 Å². The molecule has 0 bridgehead atoms. The zero-order chi connectivity index (χ0) is 12.2. The minimum atomic E-state index is -0.354. The van der Waals surface area contributed by atoms with Gasteiger partial charge in [-0.15, -0.1) is 0 Å². The molecule has 0 radical (unpaired) electrons. The maximum absolute atomic E-state index is 12.9. The fourth-order valence-corrected chi connectivity index (χ4v) is 1.28. The van der Waals surface area contributed by atoms with Crippen LogP contribution in [0.3, 0.4) is 0 Å². The number of halogens is 1. The van der Waals surface area contributed by atoms with Crippen LogP contribution in [0.25, 0.3) is 0 Å². The second-order valence-electron chi connectivity index (χ2n) is 5.07. The minimum absolute atomic E-state index is 0.206. The lowest BCUT2D eigenvalue weighted by atomic mass is 9.93. The van der Waals surface area contributed by atoms with Gasteiger partial charge in [-0.1, -0.05) is 20.8 Å². The molecule has 0 atom stereocenters. The van der Waals surface area contributed by atoms with Crippen LogP contribution in [0.5, 0.6) is 5.75 Å². The fourth-order valence-electron chi connectivity index (χ4n) is 1.28. The molecule has 16 heavy (non-hydrogen) atoms. The van der Waals surface area contributed by atoms with E-state index in [1.54, 1.807) is 6.07 Å². The highest BCUT2D eigenvalue weighted by Crippen LogP contribution is 2.22. The predicted octanol–water partition coefficient (Wildman–Crippen LogP) is 3.13. The van der Waals surface area contributed by atoms with E-state index in [1.807, 2.05) is 0 Å². The van der Waals surface area contributed by atoms with Crippen LogP contribution < -0.4 is 4.74 Å². The summed E-state index contributed by atoms with van der Waals surface area (Å²) < 4.78 is 18.4. The molecule has 3 heteroatoms. The van der Waals surface area contributed by atoms with Gasteiger partial charge in [0.05, 0.1) is 13.2 Å². The smallest absolute Gasteiger partial charge is 0.125 e. The molecule has 0 heterocycles. The topological polar surface area (TPSA) is 29.5 Å². The van der Waals surface area contributed by atoms with E-state index < -0.39 is 0 Å². The van der Waals surface area contributed by atoms with Crippen molar-refractivity contribution < 1.29 is 14.2 Å². The Bertz CT molecular complexity index is 342. The second kappa shape index (κ2) is 5.30. The molecule has 2 nitrogen and oxygen atoms in total. The molecule has 0 aromatic heterocycles. The molecule has 0 saturated carbocycles. The fraction of sp³-hybridized carbons (Fsp3) is 0.538. The van der Waals surface area contributed by atoms with Gasteiger partial charge in [-0.3, -0.25) is 0 Å². The molecule has 1 aromatic carbocycles. The monoisotopic (exact) mass is 226 g/mol. The Kier molecular flexibility index (Phi) is 4.30. The summed E-state index contributed by atoms with van der Waals surface area (Å²) in [6, 6.07) is 4.20. The molecule has 90 valence electrons. The van der Waals surface area contributed by atoms with Gasteiger partial charge in [0.25, 0.3) is 0 Å². The van der Waals surface area contributed by atoms with Crippen LogP contribution in [0, 0.1) is 11.2 Å².